The second-order valence-corrected chi connectivity index (χ2v) is 9.43. The fourth-order valence-corrected chi connectivity index (χ4v) is 4.81. The van der Waals surface area contributed by atoms with Gasteiger partial charge in [0.1, 0.15) is 23.3 Å². The summed E-state index contributed by atoms with van der Waals surface area (Å²) in [5.74, 6) is 0.990. The average molecular weight is 485 g/mol. The number of ether oxygens (including phenoxy) is 3. The molecule has 2 aromatic rings. The molecule has 0 saturated carbocycles. The number of carbonyl (C=O) groups excluding carboxylic acids is 1. The number of amides is 1. The SMILES string of the molecule is CC[C@H](C(=O)N[C@H](C)c1cc(OC)ccc1OC)N(c1cc(Cl)ccc1OC)S(C)(=O)=O. The van der Waals surface area contributed by atoms with Gasteiger partial charge in [-0.05, 0) is 49.7 Å². The van der Waals surface area contributed by atoms with Crippen molar-refractivity contribution in [2.24, 2.45) is 0 Å². The van der Waals surface area contributed by atoms with Gasteiger partial charge in [-0.2, -0.15) is 0 Å². The molecule has 0 spiro atoms. The van der Waals surface area contributed by atoms with Crippen molar-refractivity contribution in [3.8, 4) is 17.2 Å². The van der Waals surface area contributed by atoms with Gasteiger partial charge >= 0.3 is 0 Å². The van der Waals surface area contributed by atoms with E-state index in [1.807, 2.05) is 0 Å². The van der Waals surface area contributed by atoms with Crippen LogP contribution in [0, 0.1) is 0 Å². The van der Waals surface area contributed by atoms with Crippen molar-refractivity contribution in [2.45, 2.75) is 32.4 Å². The summed E-state index contributed by atoms with van der Waals surface area (Å²) in [4.78, 5) is 13.3. The average Bonchev–Trinajstić information content (AvgIpc) is 2.75. The van der Waals surface area contributed by atoms with Crippen molar-refractivity contribution in [3.05, 3.63) is 47.0 Å². The second kappa shape index (κ2) is 10.8. The Hall–Kier alpha value is -2.65. The molecule has 0 bridgehead atoms. The zero-order chi connectivity index (χ0) is 24.1. The van der Waals surface area contributed by atoms with Gasteiger partial charge in [0.15, 0.2) is 0 Å². The molecule has 0 aliphatic rings. The van der Waals surface area contributed by atoms with E-state index >= 15 is 0 Å². The van der Waals surface area contributed by atoms with E-state index in [0.29, 0.717) is 22.1 Å². The molecular formula is C22H29ClN2O6S. The number of sulfonamides is 1. The van der Waals surface area contributed by atoms with Crippen molar-refractivity contribution in [3.63, 3.8) is 0 Å². The van der Waals surface area contributed by atoms with Gasteiger partial charge < -0.3 is 19.5 Å². The van der Waals surface area contributed by atoms with Crippen LogP contribution < -0.4 is 23.8 Å². The summed E-state index contributed by atoms with van der Waals surface area (Å²) in [6, 6.07) is 8.36. The van der Waals surface area contributed by atoms with Crippen LogP contribution in [0.25, 0.3) is 0 Å². The molecule has 0 aromatic heterocycles. The lowest BCUT2D eigenvalue weighted by molar-refractivity contribution is -0.122. The van der Waals surface area contributed by atoms with Crippen LogP contribution in [0.5, 0.6) is 17.2 Å². The van der Waals surface area contributed by atoms with Crippen LogP contribution in [-0.4, -0.2) is 48.0 Å². The summed E-state index contributed by atoms with van der Waals surface area (Å²) >= 11 is 6.12. The third-order valence-corrected chi connectivity index (χ3v) is 6.37. The summed E-state index contributed by atoms with van der Waals surface area (Å²) in [5, 5.41) is 3.21. The molecule has 0 aliphatic heterocycles. The van der Waals surface area contributed by atoms with Crippen LogP contribution >= 0.6 is 11.6 Å². The lowest BCUT2D eigenvalue weighted by Gasteiger charge is -2.32. The number of halogens is 1. The van der Waals surface area contributed by atoms with Crippen LogP contribution in [0.3, 0.4) is 0 Å². The van der Waals surface area contributed by atoms with Crippen molar-refractivity contribution < 1.29 is 27.4 Å². The largest absolute Gasteiger partial charge is 0.497 e. The maximum atomic E-state index is 13.3. The Bertz CT molecular complexity index is 1060. The molecular weight excluding hydrogens is 456 g/mol. The Morgan fingerprint density at radius 1 is 1.06 bits per heavy atom. The Morgan fingerprint density at radius 2 is 1.69 bits per heavy atom. The van der Waals surface area contributed by atoms with E-state index in [4.69, 9.17) is 25.8 Å². The number of methoxy groups -OCH3 is 3. The highest BCUT2D eigenvalue weighted by Gasteiger charge is 2.34. The molecule has 176 valence electrons. The third kappa shape index (κ3) is 5.77. The van der Waals surface area contributed by atoms with Gasteiger partial charge in [-0.15, -0.1) is 0 Å². The standard InChI is InChI=1S/C22H29ClN2O6S/c1-7-18(25(32(6,27)28)19-12-15(23)8-10-21(19)31-5)22(26)24-14(2)17-13-16(29-3)9-11-20(17)30-4/h8-14,18H,7H2,1-6H3,(H,24,26)/t14-,18-/m1/s1. The van der Waals surface area contributed by atoms with Gasteiger partial charge in [0, 0.05) is 10.6 Å². The molecule has 0 radical (unpaired) electrons. The Balaban J connectivity index is 2.45. The number of nitrogens with zero attached hydrogens (tertiary/aromatic N) is 1. The quantitative estimate of drug-likeness (QED) is 0.551. The molecule has 2 aromatic carbocycles. The number of hydrogen-bond donors (Lipinski definition) is 1. The van der Waals surface area contributed by atoms with Crippen LogP contribution in [0.15, 0.2) is 36.4 Å². The number of benzene rings is 2. The first kappa shape index (κ1) is 25.6. The van der Waals surface area contributed by atoms with Crippen molar-refractivity contribution in [2.75, 3.05) is 31.9 Å². The van der Waals surface area contributed by atoms with Crippen LogP contribution in [0.1, 0.15) is 31.9 Å². The molecule has 0 aliphatic carbocycles. The first-order valence-corrected chi connectivity index (χ1v) is 12.1. The van der Waals surface area contributed by atoms with Crippen molar-refractivity contribution in [1.82, 2.24) is 5.32 Å². The Kier molecular flexibility index (Phi) is 8.63. The molecule has 0 heterocycles. The first-order chi connectivity index (χ1) is 15.1. The molecule has 2 rings (SSSR count). The van der Waals surface area contributed by atoms with Crippen molar-refractivity contribution >= 4 is 33.2 Å². The molecule has 10 heteroatoms. The lowest BCUT2D eigenvalue weighted by atomic mass is 10.1. The predicted molar refractivity (Wildman–Crippen MR) is 126 cm³/mol. The normalized spacial score (nSPS) is 13.1. The summed E-state index contributed by atoms with van der Waals surface area (Å²) in [5.41, 5.74) is 0.886. The fraction of sp³-hybridized carbons (Fsp3) is 0.409. The highest BCUT2D eigenvalue weighted by molar-refractivity contribution is 7.92. The third-order valence-electron chi connectivity index (χ3n) is 4.97. The van der Waals surface area contributed by atoms with Gasteiger partial charge in [0.05, 0.1) is 39.3 Å². The molecule has 0 unspecified atom stereocenters. The van der Waals surface area contributed by atoms with E-state index in [2.05, 4.69) is 5.32 Å². The Morgan fingerprint density at radius 3 is 2.22 bits per heavy atom. The number of nitrogens with one attached hydrogen (secondary N) is 1. The zero-order valence-corrected chi connectivity index (χ0v) is 20.6. The monoisotopic (exact) mass is 484 g/mol. The van der Waals surface area contributed by atoms with Gasteiger partial charge in [-0.25, -0.2) is 8.42 Å². The van der Waals surface area contributed by atoms with E-state index in [1.165, 1.54) is 20.3 Å². The fourth-order valence-electron chi connectivity index (χ4n) is 3.44. The van der Waals surface area contributed by atoms with E-state index in [9.17, 15) is 13.2 Å². The molecule has 0 saturated heterocycles. The van der Waals surface area contributed by atoms with Gasteiger partial charge in [-0.3, -0.25) is 9.10 Å². The summed E-state index contributed by atoms with van der Waals surface area (Å²) < 4.78 is 42.6. The van der Waals surface area contributed by atoms with E-state index in [0.717, 1.165) is 10.6 Å². The van der Waals surface area contributed by atoms with Crippen molar-refractivity contribution in [1.29, 1.82) is 0 Å². The minimum Gasteiger partial charge on any atom is -0.497 e. The van der Waals surface area contributed by atoms with E-state index in [1.54, 1.807) is 51.3 Å². The lowest BCUT2D eigenvalue weighted by Crippen LogP contribution is -2.49. The number of hydrogen-bond acceptors (Lipinski definition) is 6. The molecule has 0 fully saturated rings. The molecule has 2 atom stereocenters. The zero-order valence-electron chi connectivity index (χ0n) is 19.0. The van der Waals surface area contributed by atoms with Gasteiger partial charge in [0.25, 0.3) is 0 Å². The second-order valence-electron chi connectivity index (χ2n) is 7.14. The number of anilines is 1. The van der Waals surface area contributed by atoms with Crippen LogP contribution in [0.4, 0.5) is 5.69 Å². The molecule has 8 nitrogen and oxygen atoms in total. The smallest absolute Gasteiger partial charge is 0.244 e. The summed E-state index contributed by atoms with van der Waals surface area (Å²) in [7, 11) is 0.643. The van der Waals surface area contributed by atoms with Crippen LogP contribution in [0.2, 0.25) is 5.02 Å². The van der Waals surface area contributed by atoms with E-state index in [-0.39, 0.29) is 17.9 Å². The maximum absolute atomic E-state index is 13.3. The molecule has 1 amide bonds. The predicted octanol–water partition coefficient (Wildman–Crippen LogP) is 3.79. The summed E-state index contributed by atoms with van der Waals surface area (Å²) in [6.45, 7) is 3.52. The minimum atomic E-state index is -3.86. The molecule has 1 N–H and O–H groups in total. The molecule has 32 heavy (non-hydrogen) atoms. The Labute approximate surface area is 194 Å². The topological polar surface area (TPSA) is 94.2 Å². The maximum Gasteiger partial charge on any atom is 0.244 e. The van der Waals surface area contributed by atoms with Gasteiger partial charge in [-0.1, -0.05) is 18.5 Å². The summed E-state index contributed by atoms with van der Waals surface area (Å²) in [6.07, 6.45) is 1.26. The first-order valence-electron chi connectivity index (χ1n) is 9.92. The minimum absolute atomic E-state index is 0.191. The van der Waals surface area contributed by atoms with Crippen LogP contribution in [-0.2, 0) is 14.8 Å². The van der Waals surface area contributed by atoms with Gasteiger partial charge in [0.2, 0.25) is 15.9 Å². The number of carbonyl (C=O) groups is 1. The highest BCUT2D eigenvalue weighted by Crippen LogP contribution is 2.35. The highest BCUT2D eigenvalue weighted by atomic mass is 35.5. The number of rotatable bonds is 10. The van der Waals surface area contributed by atoms with E-state index < -0.39 is 28.0 Å².